The second kappa shape index (κ2) is 8.30. The molecule has 0 radical (unpaired) electrons. The number of nitrogens with one attached hydrogen (secondary N) is 1. The Morgan fingerprint density at radius 2 is 1.74 bits per heavy atom. The first-order chi connectivity index (χ1) is 14.8. The smallest absolute Gasteiger partial charge is 0.307 e. The van der Waals surface area contributed by atoms with Crippen molar-refractivity contribution in [3.8, 4) is 0 Å². The number of aliphatic carboxylic acids is 1. The van der Waals surface area contributed by atoms with Gasteiger partial charge >= 0.3 is 5.97 Å². The highest BCUT2D eigenvalue weighted by Crippen LogP contribution is 2.57. The molecule has 4 atom stereocenters. The van der Waals surface area contributed by atoms with Crippen molar-refractivity contribution in [1.82, 2.24) is 0 Å². The van der Waals surface area contributed by atoms with Crippen molar-refractivity contribution in [2.75, 3.05) is 5.32 Å². The molecule has 2 fully saturated rings. The summed E-state index contributed by atoms with van der Waals surface area (Å²) in [5.74, 6) is -3.40. The van der Waals surface area contributed by atoms with Crippen LogP contribution in [0, 0.1) is 23.7 Å². The Kier molecular flexibility index (Phi) is 5.71. The van der Waals surface area contributed by atoms with E-state index < -0.39 is 23.7 Å². The minimum Gasteiger partial charge on any atom is -0.481 e. The van der Waals surface area contributed by atoms with Gasteiger partial charge in [0.1, 0.15) is 5.00 Å². The number of carboxylic acids is 1. The van der Waals surface area contributed by atoms with Crippen LogP contribution in [0.15, 0.2) is 47.5 Å². The first-order valence-corrected chi connectivity index (χ1v) is 11.3. The fourth-order valence-corrected chi connectivity index (χ4v) is 6.50. The Morgan fingerprint density at radius 3 is 2.32 bits per heavy atom. The van der Waals surface area contributed by atoms with Crippen molar-refractivity contribution in [2.45, 2.75) is 33.1 Å². The lowest BCUT2D eigenvalue weighted by atomic mass is 9.79. The van der Waals surface area contributed by atoms with Crippen LogP contribution in [-0.4, -0.2) is 22.9 Å². The lowest BCUT2D eigenvalue weighted by Crippen LogP contribution is -2.38. The summed E-state index contributed by atoms with van der Waals surface area (Å²) in [7, 11) is 0. The van der Waals surface area contributed by atoms with Crippen molar-refractivity contribution < 1.29 is 19.5 Å². The molecule has 2 aliphatic carbocycles. The number of carbonyl (C=O) groups is 3. The highest BCUT2D eigenvalue weighted by Gasteiger charge is 2.57. The molecule has 2 amide bonds. The van der Waals surface area contributed by atoms with E-state index in [2.05, 4.69) is 5.32 Å². The van der Waals surface area contributed by atoms with Crippen molar-refractivity contribution in [3.05, 3.63) is 63.5 Å². The third-order valence-electron chi connectivity index (χ3n) is 6.51. The molecule has 1 aromatic heterocycles. The van der Waals surface area contributed by atoms with Gasteiger partial charge in [-0.3, -0.25) is 14.4 Å². The van der Waals surface area contributed by atoms with Crippen LogP contribution >= 0.6 is 11.3 Å². The van der Waals surface area contributed by atoms with Gasteiger partial charge in [0.25, 0.3) is 5.91 Å². The number of carbonyl (C=O) groups excluding carboxylic acids is 2. The molecular formula is C24H26N2O4S. The summed E-state index contributed by atoms with van der Waals surface area (Å²) < 4.78 is 0. The number of fused-ring (bicyclic) bond motifs is 2. The lowest BCUT2D eigenvalue weighted by molar-refractivity contribution is -0.148. The van der Waals surface area contributed by atoms with E-state index in [9.17, 15) is 19.5 Å². The van der Waals surface area contributed by atoms with Crippen LogP contribution < -0.4 is 11.1 Å². The molecule has 6 nitrogen and oxygen atoms in total. The number of benzene rings is 1. The molecule has 2 aromatic rings. The van der Waals surface area contributed by atoms with Gasteiger partial charge in [0.15, 0.2) is 0 Å². The first kappa shape index (κ1) is 21.3. The molecule has 2 bridgehead atoms. The second-order valence-electron chi connectivity index (χ2n) is 8.61. The molecule has 2 aliphatic rings. The maximum Gasteiger partial charge on any atom is 0.307 e. The van der Waals surface area contributed by atoms with Gasteiger partial charge in [-0.1, -0.05) is 41.5 Å². The summed E-state index contributed by atoms with van der Waals surface area (Å²) in [5, 5.41) is 13.1. The van der Waals surface area contributed by atoms with Crippen LogP contribution in [0.2, 0.25) is 0 Å². The number of allylic oxidation sites excluding steroid dienone is 2. The Morgan fingerprint density at radius 1 is 1.10 bits per heavy atom. The molecule has 162 valence electrons. The van der Waals surface area contributed by atoms with Gasteiger partial charge in [0.05, 0.1) is 17.4 Å². The maximum absolute atomic E-state index is 13.3. The Labute approximate surface area is 185 Å². The third-order valence-corrected chi connectivity index (χ3v) is 7.56. The topological polar surface area (TPSA) is 109 Å². The third kappa shape index (κ3) is 3.90. The van der Waals surface area contributed by atoms with Gasteiger partial charge in [0.2, 0.25) is 5.91 Å². The summed E-state index contributed by atoms with van der Waals surface area (Å²) >= 11 is 1.31. The van der Waals surface area contributed by atoms with Crippen LogP contribution in [0.4, 0.5) is 5.00 Å². The van der Waals surface area contributed by atoms with Gasteiger partial charge < -0.3 is 16.2 Å². The summed E-state index contributed by atoms with van der Waals surface area (Å²) in [5.41, 5.74) is 9.15. The van der Waals surface area contributed by atoms with Gasteiger partial charge in [-0.05, 0) is 50.2 Å². The summed E-state index contributed by atoms with van der Waals surface area (Å²) in [6.45, 7) is 3.97. The van der Waals surface area contributed by atoms with E-state index in [4.69, 9.17) is 5.73 Å². The molecule has 31 heavy (non-hydrogen) atoms. The van der Waals surface area contributed by atoms with E-state index in [0.717, 1.165) is 34.4 Å². The monoisotopic (exact) mass is 438 g/mol. The fraction of sp³-hybridized carbons (Fsp3) is 0.375. The summed E-state index contributed by atoms with van der Waals surface area (Å²) in [6.07, 6.45) is 2.24. The van der Waals surface area contributed by atoms with E-state index in [0.29, 0.717) is 11.4 Å². The molecule has 0 unspecified atom stereocenters. The van der Waals surface area contributed by atoms with Crippen LogP contribution in [0.3, 0.4) is 0 Å². The number of amides is 2. The van der Waals surface area contributed by atoms with E-state index in [1.807, 2.05) is 44.2 Å². The number of carboxylic acid groups (broad SMARTS) is 1. The lowest BCUT2D eigenvalue weighted by Gasteiger charge is -2.26. The number of nitrogens with two attached hydrogens (primary N) is 1. The summed E-state index contributed by atoms with van der Waals surface area (Å²) in [6, 6.07) is 11.5. The average Bonchev–Trinajstić information content (AvgIpc) is 3.40. The fourth-order valence-electron chi connectivity index (χ4n) is 5.40. The zero-order valence-corrected chi connectivity index (χ0v) is 18.4. The maximum atomic E-state index is 13.3. The van der Waals surface area contributed by atoms with Crippen LogP contribution in [0.5, 0.6) is 0 Å². The molecule has 4 N–H and O–H groups in total. The number of rotatable bonds is 6. The van der Waals surface area contributed by atoms with Crippen molar-refractivity contribution in [1.29, 1.82) is 0 Å². The molecule has 0 aliphatic heterocycles. The normalized spacial score (nSPS) is 24.3. The number of primary amides is 1. The van der Waals surface area contributed by atoms with Crippen molar-refractivity contribution in [2.24, 2.45) is 29.4 Å². The SMILES string of the molecule is CC(C)=C1[C@H]2CC[C@@H]1[C@@H](C(=O)Nc1sc(Cc3ccccc3)cc1C(N)=O)[C@H]2C(=O)O. The number of hydrogen-bond donors (Lipinski definition) is 3. The highest BCUT2D eigenvalue weighted by atomic mass is 32.1. The predicted octanol–water partition coefficient (Wildman–Crippen LogP) is 4.07. The number of thiophene rings is 1. The van der Waals surface area contributed by atoms with Crippen LogP contribution in [0.1, 0.15) is 47.5 Å². The van der Waals surface area contributed by atoms with Crippen molar-refractivity contribution in [3.63, 3.8) is 0 Å². The van der Waals surface area contributed by atoms with Gasteiger partial charge in [-0.25, -0.2) is 0 Å². The van der Waals surface area contributed by atoms with Crippen molar-refractivity contribution >= 4 is 34.1 Å². The van der Waals surface area contributed by atoms with Gasteiger partial charge in [0, 0.05) is 11.3 Å². The molecular weight excluding hydrogens is 412 g/mol. The molecule has 1 aromatic carbocycles. The van der Waals surface area contributed by atoms with Gasteiger partial charge in [-0.2, -0.15) is 0 Å². The zero-order valence-electron chi connectivity index (χ0n) is 17.6. The Balaban J connectivity index is 1.61. The molecule has 7 heteroatoms. The predicted molar refractivity (Wildman–Crippen MR) is 120 cm³/mol. The van der Waals surface area contributed by atoms with Gasteiger partial charge in [-0.15, -0.1) is 11.3 Å². The number of hydrogen-bond acceptors (Lipinski definition) is 4. The number of anilines is 1. The first-order valence-electron chi connectivity index (χ1n) is 10.4. The highest BCUT2D eigenvalue weighted by molar-refractivity contribution is 7.16. The molecule has 0 spiro atoms. The van der Waals surface area contributed by atoms with E-state index >= 15 is 0 Å². The van der Waals surface area contributed by atoms with E-state index in [-0.39, 0.29) is 23.3 Å². The second-order valence-corrected chi connectivity index (χ2v) is 9.74. The van der Waals surface area contributed by atoms with Crippen LogP contribution in [-0.2, 0) is 16.0 Å². The Hall–Kier alpha value is -2.93. The minimum atomic E-state index is -0.933. The minimum absolute atomic E-state index is 0.0584. The molecule has 1 heterocycles. The van der Waals surface area contributed by atoms with E-state index in [1.54, 1.807) is 6.07 Å². The quantitative estimate of drug-likeness (QED) is 0.591. The molecule has 0 saturated heterocycles. The zero-order chi connectivity index (χ0) is 22.3. The molecule has 4 rings (SSSR count). The summed E-state index contributed by atoms with van der Waals surface area (Å²) in [4.78, 5) is 38.2. The standard InChI is InChI=1S/C24H26N2O4S/c1-12(2)18-15-8-9-16(18)20(24(29)30)19(15)22(28)26-23-17(21(25)27)11-14(31-23)10-13-6-4-3-5-7-13/h3-7,11,15-16,19-20H,8-10H2,1-2H3,(H2,25,27)(H,26,28)(H,29,30)/t15-,16+,19+,20-/m0/s1. The largest absolute Gasteiger partial charge is 0.481 e. The average molecular weight is 439 g/mol. The molecule has 2 saturated carbocycles. The van der Waals surface area contributed by atoms with Crippen LogP contribution in [0.25, 0.3) is 0 Å². The Bertz CT molecular complexity index is 1070. The van der Waals surface area contributed by atoms with E-state index in [1.165, 1.54) is 11.3 Å².